The molecule has 2 saturated heterocycles. The molecule has 2 aliphatic rings. The van der Waals surface area contributed by atoms with Gasteiger partial charge in [0.2, 0.25) is 5.91 Å². The number of rotatable bonds is 3. The minimum atomic E-state index is 0.196. The van der Waals surface area contributed by atoms with Crippen molar-refractivity contribution < 1.29 is 4.79 Å². The fourth-order valence-electron chi connectivity index (χ4n) is 4.30. The summed E-state index contributed by atoms with van der Waals surface area (Å²) in [5.74, 6) is 1.94. The van der Waals surface area contributed by atoms with Crippen LogP contribution < -0.4 is 4.90 Å². The minimum Gasteiger partial charge on any atom is -0.351 e. The van der Waals surface area contributed by atoms with E-state index in [0.717, 1.165) is 56.0 Å². The minimum absolute atomic E-state index is 0.196. The van der Waals surface area contributed by atoms with Crippen molar-refractivity contribution in [1.82, 2.24) is 14.9 Å². The maximum atomic E-state index is 12.0. The van der Waals surface area contributed by atoms with E-state index in [1.807, 2.05) is 42.6 Å². The lowest BCUT2D eigenvalue weighted by atomic mass is 10.0. The van der Waals surface area contributed by atoms with Crippen LogP contribution in [0.1, 0.15) is 32.6 Å². The van der Waals surface area contributed by atoms with Crippen molar-refractivity contribution in [3.63, 3.8) is 0 Å². The zero-order chi connectivity index (χ0) is 17.2. The van der Waals surface area contributed by atoms with E-state index in [9.17, 15) is 4.79 Å². The molecule has 5 nitrogen and oxygen atoms in total. The van der Waals surface area contributed by atoms with Crippen LogP contribution >= 0.6 is 0 Å². The Hall–Kier alpha value is -2.43. The first-order chi connectivity index (χ1) is 12.2. The predicted octanol–water partition coefficient (Wildman–Crippen LogP) is 3.12. The van der Waals surface area contributed by atoms with Gasteiger partial charge in [-0.15, -0.1) is 0 Å². The van der Waals surface area contributed by atoms with Crippen molar-refractivity contribution in [3.8, 4) is 11.4 Å². The molecule has 2 atom stereocenters. The molecule has 0 bridgehead atoms. The van der Waals surface area contributed by atoms with Crippen LogP contribution in [-0.2, 0) is 4.79 Å². The SMILES string of the molecule is CC(=O)N1CCC[C@@H]1[C@H]1CCCN1c1ccnc(-c2ccccc2)n1. The van der Waals surface area contributed by atoms with E-state index < -0.39 is 0 Å². The molecule has 1 amide bonds. The third-order valence-corrected chi connectivity index (χ3v) is 5.41. The first-order valence-electron chi connectivity index (χ1n) is 9.16. The van der Waals surface area contributed by atoms with Gasteiger partial charge in [-0.05, 0) is 31.7 Å². The van der Waals surface area contributed by atoms with Crippen molar-refractivity contribution >= 4 is 11.7 Å². The number of nitrogens with zero attached hydrogens (tertiary/aromatic N) is 4. The first-order valence-corrected chi connectivity index (χ1v) is 9.16. The molecule has 0 aliphatic carbocycles. The van der Waals surface area contributed by atoms with Gasteiger partial charge in [-0.1, -0.05) is 30.3 Å². The largest absolute Gasteiger partial charge is 0.351 e. The summed E-state index contributed by atoms with van der Waals surface area (Å²) in [5, 5.41) is 0. The van der Waals surface area contributed by atoms with Crippen LogP contribution in [0, 0.1) is 0 Å². The monoisotopic (exact) mass is 336 g/mol. The highest BCUT2D eigenvalue weighted by Gasteiger charge is 2.39. The second kappa shape index (κ2) is 6.82. The van der Waals surface area contributed by atoms with Crippen molar-refractivity contribution in [2.45, 2.75) is 44.7 Å². The Balaban J connectivity index is 1.62. The third kappa shape index (κ3) is 3.11. The lowest BCUT2D eigenvalue weighted by Crippen LogP contribution is -2.48. The second-order valence-electron chi connectivity index (χ2n) is 6.93. The van der Waals surface area contributed by atoms with Crippen LogP contribution in [0.4, 0.5) is 5.82 Å². The fraction of sp³-hybridized carbons (Fsp3) is 0.450. The van der Waals surface area contributed by atoms with Crippen LogP contribution in [0.25, 0.3) is 11.4 Å². The molecule has 1 aromatic carbocycles. The van der Waals surface area contributed by atoms with E-state index in [1.165, 1.54) is 0 Å². The number of carbonyl (C=O) groups excluding carboxylic acids is 1. The first kappa shape index (κ1) is 16.1. The zero-order valence-corrected chi connectivity index (χ0v) is 14.6. The third-order valence-electron chi connectivity index (χ3n) is 5.41. The van der Waals surface area contributed by atoms with Gasteiger partial charge in [0, 0.05) is 31.8 Å². The number of hydrogen-bond acceptors (Lipinski definition) is 4. The Morgan fingerprint density at radius 1 is 1.04 bits per heavy atom. The molecule has 130 valence electrons. The maximum absolute atomic E-state index is 12.0. The number of aromatic nitrogens is 2. The Bertz CT molecular complexity index is 748. The van der Waals surface area contributed by atoms with Gasteiger partial charge >= 0.3 is 0 Å². The van der Waals surface area contributed by atoms with Crippen LogP contribution in [0.15, 0.2) is 42.6 Å². The molecule has 25 heavy (non-hydrogen) atoms. The Morgan fingerprint density at radius 2 is 1.80 bits per heavy atom. The van der Waals surface area contributed by atoms with E-state index in [0.29, 0.717) is 12.1 Å². The normalized spacial score (nSPS) is 23.2. The molecular formula is C20H24N4O. The lowest BCUT2D eigenvalue weighted by molar-refractivity contribution is -0.129. The molecule has 4 rings (SSSR count). The van der Waals surface area contributed by atoms with E-state index in [-0.39, 0.29) is 5.91 Å². The lowest BCUT2D eigenvalue weighted by Gasteiger charge is -2.35. The summed E-state index contributed by atoms with van der Waals surface area (Å²) in [6, 6.07) is 12.8. The van der Waals surface area contributed by atoms with Crippen molar-refractivity contribution in [1.29, 1.82) is 0 Å². The van der Waals surface area contributed by atoms with Crippen LogP contribution in [-0.4, -0.2) is 45.9 Å². The zero-order valence-electron chi connectivity index (χ0n) is 14.6. The smallest absolute Gasteiger partial charge is 0.219 e. The predicted molar refractivity (Wildman–Crippen MR) is 98.2 cm³/mol. The molecule has 0 N–H and O–H groups in total. The van der Waals surface area contributed by atoms with Gasteiger partial charge in [-0.25, -0.2) is 9.97 Å². The summed E-state index contributed by atoms with van der Waals surface area (Å²) in [6.07, 6.45) is 6.32. The van der Waals surface area contributed by atoms with Gasteiger partial charge in [0.1, 0.15) is 5.82 Å². The van der Waals surface area contributed by atoms with E-state index in [1.54, 1.807) is 6.92 Å². The number of carbonyl (C=O) groups is 1. The molecule has 2 fully saturated rings. The Morgan fingerprint density at radius 3 is 2.60 bits per heavy atom. The topological polar surface area (TPSA) is 49.3 Å². The summed E-state index contributed by atoms with van der Waals surface area (Å²) in [5.41, 5.74) is 1.03. The van der Waals surface area contributed by atoms with Crippen LogP contribution in [0.3, 0.4) is 0 Å². The standard InChI is InChI=1S/C20H24N4O/c1-15(25)23-13-5-9-17(23)18-10-6-14-24(18)19-11-12-21-20(22-19)16-7-3-2-4-8-16/h2-4,7-8,11-12,17-18H,5-6,9-10,13-14H2,1H3/t17-,18-/m1/s1. The summed E-state index contributed by atoms with van der Waals surface area (Å²) in [7, 11) is 0. The highest BCUT2D eigenvalue weighted by atomic mass is 16.2. The molecular weight excluding hydrogens is 312 g/mol. The molecule has 5 heteroatoms. The van der Waals surface area contributed by atoms with E-state index >= 15 is 0 Å². The number of hydrogen-bond donors (Lipinski definition) is 0. The molecule has 0 radical (unpaired) electrons. The van der Waals surface area contributed by atoms with E-state index in [2.05, 4.69) is 14.8 Å². The van der Waals surface area contributed by atoms with Gasteiger partial charge in [0.15, 0.2) is 5.82 Å². The molecule has 0 unspecified atom stereocenters. The fourth-order valence-corrected chi connectivity index (χ4v) is 4.30. The molecule has 0 saturated carbocycles. The summed E-state index contributed by atoms with van der Waals surface area (Å²) in [4.78, 5) is 25.7. The van der Waals surface area contributed by atoms with Gasteiger partial charge in [-0.2, -0.15) is 0 Å². The van der Waals surface area contributed by atoms with Crippen molar-refractivity contribution in [2.24, 2.45) is 0 Å². The molecule has 0 spiro atoms. The van der Waals surface area contributed by atoms with Gasteiger partial charge in [0.25, 0.3) is 0 Å². The number of anilines is 1. The highest BCUT2D eigenvalue weighted by Crippen LogP contribution is 2.33. The van der Waals surface area contributed by atoms with Crippen LogP contribution in [0.5, 0.6) is 0 Å². The van der Waals surface area contributed by atoms with Crippen molar-refractivity contribution in [2.75, 3.05) is 18.0 Å². The van der Waals surface area contributed by atoms with Gasteiger partial charge in [-0.3, -0.25) is 4.79 Å². The van der Waals surface area contributed by atoms with Crippen LogP contribution in [0.2, 0.25) is 0 Å². The molecule has 2 aromatic rings. The summed E-state index contributed by atoms with van der Waals surface area (Å²) >= 11 is 0. The maximum Gasteiger partial charge on any atom is 0.219 e. The van der Waals surface area contributed by atoms with Gasteiger partial charge < -0.3 is 9.80 Å². The molecule has 1 aromatic heterocycles. The van der Waals surface area contributed by atoms with Gasteiger partial charge in [0.05, 0.1) is 12.1 Å². The summed E-state index contributed by atoms with van der Waals surface area (Å²) in [6.45, 7) is 3.58. The van der Waals surface area contributed by atoms with E-state index in [4.69, 9.17) is 4.98 Å². The summed E-state index contributed by atoms with van der Waals surface area (Å²) < 4.78 is 0. The second-order valence-corrected chi connectivity index (χ2v) is 6.93. The average molecular weight is 336 g/mol. The number of benzene rings is 1. The van der Waals surface area contributed by atoms with Crippen molar-refractivity contribution in [3.05, 3.63) is 42.6 Å². The molecule has 3 heterocycles. The average Bonchev–Trinajstić information content (AvgIpc) is 3.31. The number of amides is 1. The highest BCUT2D eigenvalue weighted by molar-refractivity contribution is 5.74. The molecule has 2 aliphatic heterocycles. The Kier molecular flexibility index (Phi) is 4.38. The Labute approximate surface area is 148 Å². The quantitative estimate of drug-likeness (QED) is 0.864. The number of likely N-dealkylation sites (tertiary alicyclic amines) is 1.